The molecule has 2 N–H and O–H groups in total. The predicted molar refractivity (Wildman–Crippen MR) is 79.7 cm³/mol. The minimum absolute atomic E-state index is 0.130. The van der Waals surface area contributed by atoms with Crippen molar-refractivity contribution in [1.82, 2.24) is 15.2 Å². The van der Waals surface area contributed by atoms with E-state index in [2.05, 4.69) is 20.5 Å². The smallest absolute Gasteiger partial charge is 0.373 e. The van der Waals surface area contributed by atoms with Crippen LogP contribution in [0.3, 0.4) is 0 Å². The van der Waals surface area contributed by atoms with E-state index in [9.17, 15) is 13.2 Å². The quantitative estimate of drug-likeness (QED) is 0.764. The first-order chi connectivity index (χ1) is 11.1. The van der Waals surface area contributed by atoms with E-state index in [0.717, 1.165) is 6.07 Å². The van der Waals surface area contributed by atoms with Crippen molar-refractivity contribution in [2.24, 2.45) is 0 Å². The highest BCUT2D eigenvalue weighted by atomic mass is 19.4. The van der Waals surface area contributed by atoms with Crippen LogP contribution < -0.4 is 5.32 Å². The second kappa shape index (κ2) is 6.12. The van der Waals surface area contributed by atoms with Crippen molar-refractivity contribution >= 4 is 5.69 Å². The Morgan fingerprint density at radius 2 is 1.87 bits per heavy atom. The summed E-state index contributed by atoms with van der Waals surface area (Å²) >= 11 is 0. The minimum atomic E-state index is -4.44. The van der Waals surface area contributed by atoms with E-state index in [1.165, 1.54) is 18.3 Å². The highest BCUT2D eigenvalue weighted by molar-refractivity contribution is 5.49. The molecule has 0 amide bonds. The fourth-order valence-electron chi connectivity index (χ4n) is 2.38. The molecule has 4 nitrogen and oxygen atoms in total. The van der Waals surface area contributed by atoms with Gasteiger partial charge in [-0.15, -0.1) is 0 Å². The first kappa shape index (κ1) is 15.1. The lowest BCUT2D eigenvalue weighted by atomic mass is 9.95. The summed E-state index contributed by atoms with van der Waals surface area (Å²) in [4.78, 5) is 3.98. The Morgan fingerprint density at radius 3 is 2.52 bits per heavy atom. The molecule has 1 aromatic carbocycles. The fourth-order valence-corrected chi connectivity index (χ4v) is 2.38. The molecule has 2 aromatic heterocycles. The molecule has 7 heteroatoms. The molecule has 118 valence electrons. The van der Waals surface area contributed by atoms with Gasteiger partial charge in [-0.25, -0.2) is 0 Å². The Labute approximate surface area is 130 Å². The summed E-state index contributed by atoms with van der Waals surface area (Å²) in [6.45, 7) is 0. The van der Waals surface area contributed by atoms with Crippen LogP contribution in [0.4, 0.5) is 18.9 Å². The summed E-state index contributed by atoms with van der Waals surface area (Å²) in [7, 11) is 0. The largest absolute Gasteiger partial charge is 0.416 e. The van der Waals surface area contributed by atoms with Gasteiger partial charge in [0.1, 0.15) is 0 Å². The zero-order chi connectivity index (χ0) is 16.3. The number of nitrogens with zero attached hydrogens (tertiary/aromatic N) is 2. The van der Waals surface area contributed by atoms with Crippen LogP contribution in [-0.4, -0.2) is 15.2 Å². The first-order valence-electron chi connectivity index (χ1n) is 6.87. The first-order valence-corrected chi connectivity index (χ1v) is 6.87. The molecule has 0 fully saturated rings. The van der Waals surface area contributed by atoms with Crippen molar-refractivity contribution in [2.45, 2.75) is 12.2 Å². The number of benzene rings is 1. The second-order valence-corrected chi connectivity index (χ2v) is 4.94. The lowest BCUT2D eigenvalue weighted by Crippen LogP contribution is -2.18. The van der Waals surface area contributed by atoms with Gasteiger partial charge in [0.15, 0.2) is 0 Å². The van der Waals surface area contributed by atoms with E-state index >= 15 is 0 Å². The number of nitrogens with one attached hydrogen (secondary N) is 2. The van der Waals surface area contributed by atoms with Crippen molar-refractivity contribution in [1.29, 1.82) is 0 Å². The van der Waals surface area contributed by atoms with E-state index in [-0.39, 0.29) is 5.56 Å². The number of anilines is 1. The number of halogens is 3. The zero-order valence-corrected chi connectivity index (χ0v) is 11.9. The molecule has 0 radical (unpaired) electrons. The summed E-state index contributed by atoms with van der Waals surface area (Å²) in [5, 5.41) is 9.56. The minimum Gasteiger partial charge on any atom is -0.373 e. The van der Waals surface area contributed by atoms with E-state index in [1.807, 2.05) is 0 Å². The van der Waals surface area contributed by atoms with Gasteiger partial charge in [-0.2, -0.15) is 18.3 Å². The summed E-state index contributed by atoms with van der Waals surface area (Å²) in [5.74, 6) is 0. The van der Waals surface area contributed by atoms with Crippen molar-refractivity contribution in [3.8, 4) is 0 Å². The third-order valence-electron chi connectivity index (χ3n) is 3.40. The molecule has 2 heterocycles. The van der Waals surface area contributed by atoms with Crippen LogP contribution >= 0.6 is 0 Å². The van der Waals surface area contributed by atoms with Crippen molar-refractivity contribution in [3.05, 3.63) is 77.9 Å². The average Bonchev–Trinajstić information content (AvgIpc) is 3.07. The predicted octanol–water partition coefficient (Wildman–Crippen LogP) is 4.03. The molecule has 3 aromatic rings. The average molecular weight is 318 g/mol. The summed E-state index contributed by atoms with van der Waals surface area (Å²) in [6, 6.07) is 8.26. The third-order valence-corrected chi connectivity index (χ3v) is 3.40. The number of aromatic nitrogens is 3. The van der Waals surface area contributed by atoms with Gasteiger partial charge >= 0.3 is 6.18 Å². The number of pyridine rings is 1. The molecular formula is C16H13F3N4. The van der Waals surface area contributed by atoms with Gasteiger partial charge in [0, 0.05) is 24.2 Å². The summed E-state index contributed by atoms with van der Waals surface area (Å²) < 4.78 is 40.0. The van der Waals surface area contributed by atoms with Gasteiger partial charge in [-0.1, -0.05) is 18.2 Å². The Morgan fingerprint density at radius 1 is 1.04 bits per heavy atom. The Bertz CT molecular complexity index is 755. The zero-order valence-electron chi connectivity index (χ0n) is 11.9. The van der Waals surface area contributed by atoms with Crippen LogP contribution in [-0.2, 0) is 6.18 Å². The van der Waals surface area contributed by atoms with E-state index < -0.39 is 17.8 Å². The van der Waals surface area contributed by atoms with Crippen LogP contribution in [0.5, 0.6) is 0 Å². The van der Waals surface area contributed by atoms with Gasteiger partial charge in [-0.05, 0) is 23.8 Å². The number of hydrogen-bond acceptors (Lipinski definition) is 3. The van der Waals surface area contributed by atoms with E-state index in [4.69, 9.17) is 0 Å². The normalized spacial score (nSPS) is 12.8. The van der Waals surface area contributed by atoms with Gasteiger partial charge in [0.25, 0.3) is 0 Å². The third kappa shape index (κ3) is 3.33. The number of H-pyrrole nitrogens is 1. The highest BCUT2D eigenvalue weighted by Crippen LogP contribution is 2.37. The molecule has 3 rings (SSSR count). The van der Waals surface area contributed by atoms with Gasteiger partial charge in [-0.3, -0.25) is 10.1 Å². The van der Waals surface area contributed by atoms with Crippen LogP contribution in [0.15, 0.2) is 61.2 Å². The number of hydrogen-bond donors (Lipinski definition) is 2. The molecular weight excluding hydrogens is 305 g/mol. The maximum Gasteiger partial charge on any atom is 0.416 e. The number of alkyl halides is 3. The second-order valence-electron chi connectivity index (χ2n) is 4.94. The SMILES string of the molecule is FC(F)(F)c1ccccc1C(Nc1cccnc1)c1cn[nH]c1. The molecule has 0 aliphatic heterocycles. The molecule has 0 bridgehead atoms. The van der Waals surface area contributed by atoms with Gasteiger partial charge in [0.05, 0.1) is 23.5 Å². The molecule has 0 saturated heterocycles. The molecule has 0 spiro atoms. The fraction of sp³-hybridized carbons (Fsp3) is 0.125. The number of rotatable bonds is 4. The van der Waals surface area contributed by atoms with Gasteiger partial charge < -0.3 is 5.32 Å². The topological polar surface area (TPSA) is 53.6 Å². The lowest BCUT2D eigenvalue weighted by molar-refractivity contribution is -0.138. The van der Waals surface area contributed by atoms with Gasteiger partial charge in [0.2, 0.25) is 0 Å². The lowest BCUT2D eigenvalue weighted by Gasteiger charge is -2.23. The maximum absolute atomic E-state index is 13.3. The van der Waals surface area contributed by atoms with Crippen molar-refractivity contribution in [2.75, 3.05) is 5.32 Å². The van der Waals surface area contributed by atoms with E-state index in [1.54, 1.807) is 36.8 Å². The molecule has 0 saturated carbocycles. The van der Waals surface area contributed by atoms with E-state index in [0.29, 0.717) is 11.3 Å². The summed E-state index contributed by atoms with van der Waals surface area (Å²) in [6.07, 6.45) is 1.79. The summed E-state index contributed by atoms with van der Waals surface area (Å²) in [5.41, 5.74) is 0.675. The Hall–Kier alpha value is -2.83. The standard InChI is InChI=1S/C16H13F3N4/c17-16(18,19)14-6-2-1-5-13(14)15(11-8-21-22-9-11)23-12-4-3-7-20-10-12/h1-10,15,23H,(H,21,22). The molecule has 0 aliphatic rings. The van der Waals surface area contributed by atoms with Crippen LogP contribution in [0, 0.1) is 0 Å². The van der Waals surface area contributed by atoms with Crippen LogP contribution in [0.1, 0.15) is 22.7 Å². The number of aromatic amines is 1. The van der Waals surface area contributed by atoms with Crippen molar-refractivity contribution in [3.63, 3.8) is 0 Å². The maximum atomic E-state index is 13.3. The monoisotopic (exact) mass is 318 g/mol. The Balaban J connectivity index is 2.07. The highest BCUT2D eigenvalue weighted by Gasteiger charge is 2.35. The van der Waals surface area contributed by atoms with Crippen LogP contribution in [0.2, 0.25) is 0 Å². The molecule has 1 unspecified atom stereocenters. The molecule has 0 aliphatic carbocycles. The molecule has 23 heavy (non-hydrogen) atoms. The Kier molecular flexibility index (Phi) is 4.01. The van der Waals surface area contributed by atoms with Crippen molar-refractivity contribution < 1.29 is 13.2 Å². The van der Waals surface area contributed by atoms with Crippen LogP contribution in [0.25, 0.3) is 0 Å². The molecule has 1 atom stereocenters.